The van der Waals surface area contributed by atoms with Crippen molar-refractivity contribution in [3.05, 3.63) is 41.0 Å². The van der Waals surface area contributed by atoms with Gasteiger partial charge in [0, 0.05) is 50.9 Å². The van der Waals surface area contributed by atoms with Crippen molar-refractivity contribution >= 4 is 44.7 Å². The highest BCUT2D eigenvalue weighted by Gasteiger charge is 2.30. The molecule has 0 radical (unpaired) electrons. The molecule has 1 aliphatic carbocycles. The first kappa shape index (κ1) is 21.8. The molecule has 0 spiro atoms. The van der Waals surface area contributed by atoms with Crippen molar-refractivity contribution in [3.8, 4) is 0 Å². The van der Waals surface area contributed by atoms with Crippen LogP contribution in [0.3, 0.4) is 0 Å². The molecule has 2 saturated heterocycles. The molecule has 2 aliphatic heterocycles. The molecule has 0 bridgehead atoms. The SMILES string of the molecule is O=C(c1sc2cnc(Nc3ccc(N4CCNCC4)cn3)cc2c1C1CCCC1)N1CCCC1. The summed E-state index contributed by atoms with van der Waals surface area (Å²) in [5, 5.41) is 7.97. The lowest BCUT2D eigenvalue weighted by molar-refractivity contribution is 0.0796. The maximum Gasteiger partial charge on any atom is 0.264 e. The summed E-state index contributed by atoms with van der Waals surface area (Å²) in [6, 6.07) is 6.28. The van der Waals surface area contributed by atoms with Gasteiger partial charge < -0.3 is 20.4 Å². The number of hydrogen-bond acceptors (Lipinski definition) is 7. The molecule has 2 N–H and O–H groups in total. The highest BCUT2D eigenvalue weighted by molar-refractivity contribution is 7.21. The topological polar surface area (TPSA) is 73.4 Å². The maximum absolute atomic E-state index is 13.4. The van der Waals surface area contributed by atoms with Crippen LogP contribution in [-0.2, 0) is 0 Å². The van der Waals surface area contributed by atoms with Crippen LogP contribution in [0, 0.1) is 0 Å². The van der Waals surface area contributed by atoms with Crippen molar-refractivity contribution in [1.29, 1.82) is 0 Å². The van der Waals surface area contributed by atoms with Crippen molar-refractivity contribution in [3.63, 3.8) is 0 Å². The predicted octanol–water partition coefficient (Wildman–Crippen LogP) is 4.74. The van der Waals surface area contributed by atoms with Gasteiger partial charge in [-0.15, -0.1) is 11.3 Å². The molecule has 34 heavy (non-hydrogen) atoms. The fourth-order valence-corrected chi connectivity index (χ4v) is 6.84. The zero-order valence-electron chi connectivity index (χ0n) is 19.6. The summed E-state index contributed by atoms with van der Waals surface area (Å²) in [6.45, 7) is 5.81. The van der Waals surface area contributed by atoms with Crippen LogP contribution < -0.4 is 15.5 Å². The monoisotopic (exact) mass is 476 g/mol. The van der Waals surface area contributed by atoms with Crippen LogP contribution >= 0.6 is 11.3 Å². The number of thiophene rings is 1. The fourth-order valence-electron chi connectivity index (χ4n) is 5.63. The van der Waals surface area contributed by atoms with Gasteiger partial charge in [0.15, 0.2) is 0 Å². The highest BCUT2D eigenvalue weighted by Crippen LogP contribution is 2.44. The van der Waals surface area contributed by atoms with Crippen LogP contribution in [0.1, 0.15) is 59.7 Å². The van der Waals surface area contributed by atoms with Gasteiger partial charge >= 0.3 is 0 Å². The minimum absolute atomic E-state index is 0.222. The molecule has 8 heteroatoms. The first-order chi connectivity index (χ1) is 16.8. The molecule has 178 valence electrons. The van der Waals surface area contributed by atoms with E-state index in [0.29, 0.717) is 5.92 Å². The summed E-state index contributed by atoms with van der Waals surface area (Å²) in [7, 11) is 0. The molecule has 3 aromatic heterocycles. The first-order valence-corrected chi connectivity index (χ1v) is 13.5. The van der Waals surface area contributed by atoms with Gasteiger partial charge in [0.2, 0.25) is 0 Å². The Morgan fingerprint density at radius 3 is 2.47 bits per heavy atom. The van der Waals surface area contributed by atoms with Crippen molar-refractivity contribution in [1.82, 2.24) is 20.2 Å². The summed E-state index contributed by atoms with van der Waals surface area (Å²) in [5.41, 5.74) is 2.42. The third-order valence-corrected chi connectivity index (χ3v) is 8.60. The second-order valence-corrected chi connectivity index (χ2v) is 10.7. The molecule has 5 heterocycles. The van der Waals surface area contributed by atoms with Gasteiger partial charge in [-0.3, -0.25) is 4.79 Å². The number of pyridine rings is 2. The van der Waals surface area contributed by atoms with Gasteiger partial charge in [0.25, 0.3) is 5.91 Å². The van der Waals surface area contributed by atoms with Gasteiger partial charge in [-0.2, -0.15) is 0 Å². The summed E-state index contributed by atoms with van der Waals surface area (Å²) < 4.78 is 1.11. The fraction of sp³-hybridized carbons (Fsp3) is 0.500. The molecule has 0 unspecified atom stereocenters. The van der Waals surface area contributed by atoms with Crippen molar-refractivity contribution in [2.45, 2.75) is 44.4 Å². The normalized spacial score (nSPS) is 19.3. The smallest absolute Gasteiger partial charge is 0.264 e. The lowest BCUT2D eigenvalue weighted by Crippen LogP contribution is -2.43. The summed E-state index contributed by atoms with van der Waals surface area (Å²) in [6.07, 6.45) is 10.9. The van der Waals surface area contributed by atoms with E-state index in [0.717, 1.165) is 79.0 Å². The number of fused-ring (bicyclic) bond motifs is 1. The number of rotatable bonds is 5. The van der Waals surface area contributed by atoms with E-state index in [2.05, 4.69) is 37.6 Å². The number of likely N-dealkylation sites (tertiary alicyclic amines) is 1. The number of aromatic nitrogens is 2. The lowest BCUT2D eigenvalue weighted by atomic mass is 9.94. The van der Waals surface area contributed by atoms with Gasteiger partial charge in [-0.1, -0.05) is 12.8 Å². The van der Waals surface area contributed by atoms with Crippen LogP contribution in [0.2, 0.25) is 0 Å². The van der Waals surface area contributed by atoms with Crippen molar-refractivity contribution in [2.24, 2.45) is 0 Å². The minimum Gasteiger partial charge on any atom is -0.368 e. The quantitative estimate of drug-likeness (QED) is 0.554. The van der Waals surface area contributed by atoms with Gasteiger partial charge in [0.05, 0.1) is 21.5 Å². The summed E-state index contributed by atoms with van der Waals surface area (Å²) in [4.78, 5) is 28.1. The molecule has 3 aromatic rings. The van der Waals surface area contributed by atoms with E-state index in [1.165, 1.54) is 36.6 Å². The number of nitrogens with zero attached hydrogens (tertiary/aromatic N) is 4. The summed E-state index contributed by atoms with van der Waals surface area (Å²) in [5.74, 6) is 2.27. The Kier molecular flexibility index (Phi) is 6.09. The molecule has 6 rings (SSSR count). The van der Waals surface area contributed by atoms with E-state index in [9.17, 15) is 4.79 Å². The number of anilines is 3. The lowest BCUT2D eigenvalue weighted by Gasteiger charge is -2.29. The second kappa shape index (κ2) is 9.50. The largest absolute Gasteiger partial charge is 0.368 e. The Bertz CT molecular complexity index is 1160. The molecule has 0 atom stereocenters. The average molecular weight is 477 g/mol. The zero-order valence-corrected chi connectivity index (χ0v) is 20.4. The maximum atomic E-state index is 13.4. The molecule has 3 fully saturated rings. The molecule has 1 saturated carbocycles. The molecule has 0 aromatic carbocycles. The Morgan fingerprint density at radius 1 is 0.971 bits per heavy atom. The first-order valence-electron chi connectivity index (χ1n) is 12.7. The number of piperazine rings is 1. The number of hydrogen-bond donors (Lipinski definition) is 2. The average Bonchev–Trinajstić information content (AvgIpc) is 3.65. The van der Waals surface area contributed by atoms with Crippen LogP contribution in [-0.4, -0.2) is 60.0 Å². The van der Waals surface area contributed by atoms with E-state index in [1.807, 2.05) is 23.4 Å². The van der Waals surface area contributed by atoms with Crippen LogP contribution in [0.15, 0.2) is 30.6 Å². The van der Waals surface area contributed by atoms with Crippen molar-refractivity contribution in [2.75, 3.05) is 49.5 Å². The van der Waals surface area contributed by atoms with Gasteiger partial charge in [-0.05, 0) is 55.4 Å². The molecule has 1 amide bonds. The number of amides is 1. The van der Waals surface area contributed by atoms with E-state index < -0.39 is 0 Å². The summed E-state index contributed by atoms with van der Waals surface area (Å²) >= 11 is 1.63. The Morgan fingerprint density at radius 2 is 1.74 bits per heavy atom. The van der Waals surface area contributed by atoms with Crippen LogP contribution in [0.4, 0.5) is 17.3 Å². The van der Waals surface area contributed by atoms with E-state index >= 15 is 0 Å². The molecular weight excluding hydrogens is 444 g/mol. The Balaban J connectivity index is 1.29. The third kappa shape index (κ3) is 4.25. The number of carbonyl (C=O) groups is 1. The third-order valence-electron chi connectivity index (χ3n) is 7.45. The van der Waals surface area contributed by atoms with E-state index in [1.54, 1.807) is 11.3 Å². The van der Waals surface area contributed by atoms with E-state index in [-0.39, 0.29) is 5.91 Å². The Labute approximate surface area is 204 Å². The van der Waals surface area contributed by atoms with Crippen LogP contribution in [0.5, 0.6) is 0 Å². The van der Waals surface area contributed by atoms with Crippen molar-refractivity contribution < 1.29 is 4.79 Å². The second-order valence-electron chi connectivity index (χ2n) is 9.65. The predicted molar refractivity (Wildman–Crippen MR) is 139 cm³/mol. The van der Waals surface area contributed by atoms with Gasteiger partial charge in [0.1, 0.15) is 11.6 Å². The zero-order chi connectivity index (χ0) is 22.9. The van der Waals surface area contributed by atoms with Gasteiger partial charge in [-0.25, -0.2) is 9.97 Å². The Hall–Kier alpha value is -2.71. The minimum atomic E-state index is 0.222. The molecule has 7 nitrogen and oxygen atoms in total. The number of nitrogens with one attached hydrogen (secondary N) is 2. The molecular formula is C26H32N6OS. The van der Waals surface area contributed by atoms with E-state index in [4.69, 9.17) is 0 Å². The highest BCUT2D eigenvalue weighted by atomic mass is 32.1. The standard InChI is InChI=1S/C26H32N6OS/c33-26(32-11-3-4-12-32)25-24(18-5-1-2-6-18)20-15-23(29-17-21(20)34-25)30-22-8-7-19(16-28-22)31-13-9-27-10-14-31/h7-8,15-18,27H,1-6,9-14H2,(H,28,29,30). The van der Waals surface area contributed by atoms with Crippen LogP contribution in [0.25, 0.3) is 10.1 Å². The number of carbonyl (C=O) groups excluding carboxylic acids is 1. The molecule has 3 aliphatic rings.